The molecule has 0 spiro atoms. The van der Waals surface area contributed by atoms with E-state index in [0.717, 1.165) is 18.7 Å². The first-order valence-corrected chi connectivity index (χ1v) is 3.14. The van der Waals surface area contributed by atoms with Gasteiger partial charge in [0.15, 0.2) is 0 Å². The van der Waals surface area contributed by atoms with Crippen molar-refractivity contribution in [1.82, 2.24) is 15.2 Å². The molecule has 1 aliphatic rings. The second kappa shape index (κ2) is 1.57. The molecule has 0 unspecified atom stereocenters. The van der Waals surface area contributed by atoms with E-state index in [4.69, 9.17) is 5.26 Å². The normalized spacial score (nSPS) is 19.9. The third kappa shape index (κ3) is 0.545. The molecular formula is C6H6N4. The van der Waals surface area contributed by atoms with E-state index in [9.17, 15) is 0 Å². The average molecular weight is 134 g/mol. The lowest BCUT2D eigenvalue weighted by molar-refractivity contribution is 0.804. The predicted molar refractivity (Wildman–Crippen MR) is 32.9 cm³/mol. The molecule has 1 heterocycles. The van der Waals surface area contributed by atoms with Crippen LogP contribution < -0.4 is 0 Å². The number of nitrogens with one attached hydrogen (secondary N) is 1. The van der Waals surface area contributed by atoms with Crippen LogP contribution >= 0.6 is 0 Å². The molecule has 1 N–H and O–H groups in total. The Morgan fingerprint density at radius 2 is 2.50 bits per heavy atom. The Bertz CT molecular complexity index is 264. The Labute approximate surface area is 57.9 Å². The molecule has 1 saturated carbocycles. The highest BCUT2D eigenvalue weighted by Gasteiger charge is 2.47. The van der Waals surface area contributed by atoms with E-state index in [-0.39, 0.29) is 5.41 Å². The summed E-state index contributed by atoms with van der Waals surface area (Å²) in [5.41, 5.74) is -0.309. The van der Waals surface area contributed by atoms with E-state index in [0.29, 0.717) is 0 Å². The van der Waals surface area contributed by atoms with Gasteiger partial charge in [0.2, 0.25) is 0 Å². The number of aromatic amines is 1. The van der Waals surface area contributed by atoms with Gasteiger partial charge in [0, 0.05) is 0 Å². The van der Waals surface area contributed by atoms with Gasteiger partial charge in [0.25, 0.3) is 0 Å². The second-order valence-corrected chi connectivity index (χ2v) is 2.53. The first kappa shape index (κ1) is 5.42. The predicted octanol–water partition coefficient (Wildman–Crippen LogP) is 0.360. The topological polar surface area (TPSA) is 65.4 Å². The number of nitrogens with zero attached hydrogens (tertiary/aromatic N) is 3. The summed E-state index contributed by atoms with van der Waals surface area (Å²) in [5.74, 6) is 0.718. The lowest BCUT2D eigenvalue weighted by Gasteiger charge is -1.95. The van der Waals surface area contributed by atoms with Gasteiger partial charge >= 0.3 is 0 Å². The Balaban J connectivity index is 2.38. The molecule has 0 bridgehead atoms. The molecule has 0 radical (unpaired) electrons. The van der Waals surface area contributed by atoms with Gasteiger partial charge < -0.3 is 0 Å². The molecule has 1 aliphatic carbocycles. The van der Waals surface area contributed by atoms with Crippen LogP contribution in [-0.4, -0.2) is 15.2 Å². The highest BCUT2D eigenvalue weighted by atomic mass is 15.2. The molecule has 0 saturated heterocycles. The van der Waals surface area contributed by atoms with Crippen molar-refractivity contribution < 1.29 is 0 Å². The zero-order valence-corrected chi connectivity index (χ0v) is 5.33. The molecule has 4 heteroatoms. The van der Waals surface area contributed by atoms with Crippen molar-refractivity contribution in [3.8, 4) is 6.07 Å². The summed E-state index contributed by atoms with van der Waals surface area (Å²) < 4.78 is 0. The Hall–Kier alpha value is -1.37. The SMILES string of the molecule is N#CC1(c2ncn[nH]2)CC1. The Kier molecular flexibility index (Phi) is 0.849. The van der Waals surface area contributed by atoms with Crippen LogP contribution in [0.2, 0.25) is 0 Å². The van der Waals surface area contributed by atoms with E-state index >= 15 is 0 Å². The fourth-order valence-corrected chi connectivity index (χ4v) is 0.963. The fraction of sp³-hybridized carbons (Fsp3) is 0.500. The molecule has 2 rings (SSSR count). The molecule has 1 fully saturated rings. The summed E-state index contributed by atoms with van der Waals surface area (Å²) >= 11 is 0. The van der Waals surface area contributed by atoms with Gasteiger partial charge in [-0.15, -0.1) is 0 Å². The van der Waals surface area contributed by atoms with E-state index in [1.807, 2.05) is 0 Å². The van der Waals surface area contributed by atoms with Gasteiger partial charge in [-0.25, -0.2) is 4.98 Å². The van der Waals surface area contributed by atoms with Gasteiger partial charge in [0.1, 0.15) is 17.6 Å². The number of aromatic nitrogens is 3. The van der Waals surface area contributed by atoms with Crippen molar-refractivity contribution in [3.63, 3.8) is 0 Å². The standard InChI is InChI=1S/C6H6N4/c7-3-6(1-2-6)5-8-4-9-10-5/h4H,1-2H2,(H,8,9,10). The molecule has 0 atom stereocenters. The van der Waals surface area contributed by atoms with Gasteiger partial charge in [0.05, 0.1) is 6.07 Å². The van der Waals surface area contributed by atoms with Crippen LogP contribution in [0.4, 0.5) is 0 Å². The second-order valence-electron chi connectivity index (χ2n) is 2.53. The van der Waals surface area contributed by atoms with Crippen LogP contribution in [0.5, 0.6) is 0 Å². The van der Waals surface area contributed by atoms with Crippen molar-refractivity contribution >= 4 is 0 Å². The highest BCUT2D eigenvalue weighted by Crippen LogP contribution is 2.45. The molecule has 0 amide bonds. The van der Waals surface area contributed by atoms with E-state index in [2.05, 4.69) is 21.3 Å². The summed E-state index contributed by atoms with van der Waals surface area (Å²) in [5, 5.41) is 15.1. The summed E-state index contributed by atoms with van der Waals surface area (Å²) in [7, 11) is 0. The van der Waals surface area contributed by atoms with E-state index in [1.54, 1.807) is 0 Å². The molecule has 0 aliphatic heterocycles. The number of hydrogen-bond acceptors (Lipinski definition) is 3. The number of hydrogen-bond donors (Lipinski definition) is 1. The molecule has 0 aromatic carbocycles. The first-order valence-electron chi connectivity index (χ1n) is 3.14. The maximum Gasteiger partial charge on any atom is 0.144 e. The van der Waals surface area contributed by atoms with Crippen LogP contribution in [0.25, 0.3) is 0 Å². The molecular weight excluding hydrogens is 128 g/mol. The minimum Gasteiger partial charge on any atom is -0.262 e. The zero-order chi connectivity index (χ0) is 7.03. The molecule has 4 nitrogen and oxygen atoms in total. The summed E-state index contributed by atoms with van der Waals surface area (Å²) in [6.07, 6.45) is 3.27. The van der Waals surface area contributed by atoms with Crippen molar-refractivity contribution in [2.75, 3.05) is 0 Å². The van der Waals surface area contributed by atoms with Crippen molar-refractivity contribution in [3.05, 3.63) is 12.2 Å². The lowest BCUT2D eigenvalue weighted by Crippen LogP contribution is -2.04. The van der Waals surface area contributed by atoms with Crippen LogP contribution in [0.3, 0.4) is 0 Å². The van der Waals surface area contributed by atoms with Crippen LogP contribution in [0.1, 0.15) is 18.7 Å². The molecule has 10 heavy (non-hydrogen) atoms. The molecule has 1 aromatic rings. The molecule has 1 aromatic heterocycles. The van der Waals surface area contributed by atoms with Gasteiger partial charge in [-0.1, -0.05) is 0 Å². The Morgan fingerprint density at radius 3 is 2.90 bits per heavy atom. The van der Waals surface area contributed by atoms with E-state index in [1.165, 1.54) is 6.33 Å². The number of nitriles is 1. The third-order valence-corrected chi connectivity index (χ3v) is 1.83. The fourth-order valence-electron chi connectivity index (χ4n) is 0.963. The first-order chi connectivity index (χ1) is 4.87. The van der Waals surface area contributed by atoms with Crippen LogP contribution in [0.15, 0.2) is 6.33 Å². The summed E-state index contributed by atoms with van der Waals surface area (Å²) in [6.45, 7) is 0. The zero-order valence-electron chi connectivity index (χ0n) is 5.33. The van der Waals surface area contributed by atoms with Crippen molar-refractivity contribution in [1.29, 1.82) is 5.26 Å². The Morgan fingerprint density at radius 1 is 1.70 bits per heavy atom. The number of rotatable bonds is 1. The van der Waals surface area contributed by atoms with Gasteiger partial charge in [-0.05, 0) is 12.8 Å². The largest absolute Gasteiger partial charge is 0.262 e. The minimum absolute atomic E-state index is 0.309. The number of H-pyrrole nitrogens is 1. The van der Waals surface area contributed by atoms with Crippen molar-refractivity contribution in [2.24, 2.45) is 0 Å². The molecule has 50 valence electrons. The average Bonchev–Trinajstić information content (AvgIpc) is 2.58. The summed E-state index contributed by atoms with van der Waals surface area (Å²) in [6, 6.07) is 2.22. The maximum atomic E-state index is 8.69. The van der Waals surface area contributed by atoms with Gasteiger partial charge in [-0.3, -0.25) is 5.10 Å². The lowest BCUT2D eigenvalue weighted by atomic mass is 10.1. The quantitative estimate of drug-likeness (QED) is 0.603. The van der Waals surface area contributed by atoms with Crippen LogP contribution in [-0.2, 0) is 5.41 Å². The van der Waals surface area contributed by atoms with Crippen LogP contribution in [0, 0.1) is 11.3 Å². The van der Waals surface area contributed by atoms with Gasteiger partial charge in [-0.2, -0.15) is 10.4 Å². The maximum absolute atomic E-state index is 8.69. The third-order valence-electron chi connectivity index (χ3n) is 1.83. The van der Waals surface area contributed by atoms with E-state index < -0.39 is 0 Å². The highest BCUT2D eigenvalue weighted by molar-refractivity contribution is 5.28. The smallest absolute Gasteiger partial charge is 0.144 e. The monoisotopic (exact) mass is 134 g/mol. The summed E-state index contributed by atoms with van der Waals surface area (Å²) in [4.78, 5) is 3.93. The van der Waals surface area contributed by atoms with Crippen molar-refractivity contribution in [2.45, 2.75) is 18.3 Å². The minimum atomic E-state index is -0.309.